The largest absolute Gasteiger partial charge is 0.454 e. The molecule has 2 heterocycles. The van der Waals surface area contributed by atoms with Gasteiger partial charge in [0, 0.05) is 28.0 Å². The van der Waals surface area contributed by atoms with Crippen molar-refractivity contribution >= 4 is 33.0 Å². The number of benzene rings is 3. The molecule has 0 aliphatic heterocycles. The zero-order valence-electron chi connectivity index (χ0n) is 18.6. The van der Waals surface area contributed by atoms with Crippen LogP contribution in [0.2, 0.25) is 5.02 Å². The fourth-order valence-corrected chi connectivity index (χ4v) is 4.79. The predicted molar refractivity (Wildman–Crippen MR) is 132 cm³/mol. The summed E-state index contributed by atoms with van der Waals surface area (Å²) in [5, 5.41) is 8.34. The predicted octanol–water partition coefficient (Wildman–Crippen LogP) is 6.23. The van der Waals surface area contributed by atoms with Gasteiger partial charge in [-0.25, -0.2) is 17.2 Å². The van der Waals surface area contributed by atoms with E-state index in [9.17, 15) is 17.2 Å². The summed E-state index contributed by atoms with van der Waals surface area (Å²) in [6.45, 7) is 1.79. The van der Waals surface area contributed by atoms with Crippen LogP contribution in [0.5, 0.6) is 11.5 Å². The lowest BCUT2D eigenvalue weighted by Gasteiger charge is -2.15. The van der Waals surface area contributed by atoms with E-state index in [0.717, 1.165) is 18.2 Å². The van der Waals surface area contributed by atoms with Gasteiger partial charge in [0.25, 0.3) is 10.0 Å². The third-order valence-electron chi connectivity index (χ3n) is 5.35. The lowest BCUT2D eigenvalue weighted by Crippen LogP contribution is -2.13. The molecule has 5 aromatic rings. The monoisotopic (exact) mass is 526 g/mol. The molecule has 0 saturated heterocycles. The van der Waals surface area contributed by atoms with Gasteiger partial charge in [0.2, 0.25) is 0 Å². The highest BCUT2D eigenvalue weighted by molar-refractivity contribution is 7.92. The molecule has 0 bridgehead atoms. The number of rotatable bonds is 6. The van der Waals surface area contributed by atoms with Crippen LogP contribution in [0, 0.1) is 18.6 Å². The molecular weight excluding hydrogens is 510 g/mol. The highest BCUT2D eigenvalue weighted by Gasteiger charge is 2.18. The molecule has 11 heteroatoms. The summed E-state index contributed by atoms with van der Waals surface area (Å²) in [6, 6.07) is 16.6. The number of nitrogens with one attached hydrogen (secondary N) is 1. The lowest BCUT2D eigenvalue weighted by atomic mass is 10.1. The Morgan fingerprint density at radius 1 is 0.917 bits per heavy atom. The molecule has 5 rings (SSSR count). The SMILES string of the molecule is Cc1nnc2ccc(-c3cc(NS(=O)(=O)c4ccc(F)cc4)ccc3Oc3ccc(Cl)cc3F)cn12. The van der Waals surface area contributed by atoms with Crippen molar-refractivity contribution in [2.45, 2.75) is 11.8 Å². The fraction of sp³-hybridized carbons (Fsp3) is 0.0400. The van der Waals surface area contributed by atoms with Crippen LogP contribution in [-0.2, 0) is 10.0 Å². The van der Waals surface area contributed by atoms with Crippen LogP contribution >= 0.6 is 11.6 Å². The van der Waals surface area contributed by atoms with Gasteiger partial charge in [0.15, 0.2) is 17.2 Å². The highest BCUT2D eigenvalue weighted by atomic mass is 35.5. The first-order valence-electron chi connectivity index (χ1n) is 10.6. The summed E-state index contributed by atoms with van der Waals surface area (Å²) in [7, 11) is -4.00. The van der Waals surface area contributed by atoms with Crippen LogP contribution in [0.25, 0.3) is 16.8 Å². The van der Waals surface area contributed by atoms with Crippen LogP contribution in [0.4, 0.5) is 14.5 Å². The van der Waals surface area contributed by atoms with Crippen molar-refractivity contribution in [3.63, 3.8) is 0 Å². The quantitative estimate of drug-likeness (QED) is 0.283. The van der Waals surface area contributed by atoms with Gasteiger partial charge in [-0.05, 0) is 79.7 Å². The molecule has 2 aromatic heterocycles. The second kappa shape index (κ2) is 9.21. The van der Waals surface area contributed by atoms with Gasteiger partial charge in [0.1, 0.15) is 17.4 Å². The maximum atomic E-state index is 14.5. The molecule has 3 aromatic carbocycles. The zero-order chi connectivity index (χ0) is 25.4. The van der Waals surface area contributed by atoms with Gasteiger partial charge >= 0.3 is 0 Å². The van der Waals surface area contributed by atoms with Crippen molar-refractivity contribution in [2.24, 2.45) is 0 Å². The molecule has 0 spiro atoms. The number of sulfonamides is 1. The molecular formula is C25H17ClF2N4O3S. The van der Waals surface area contributed by atoms with Gasteiger partial charge in [-0.15, -0.1) is 10.2 Å². The summed E-state index contributed by atoms with van der Waals surface area (Å²) < 4.78 is 63.5. The minimum atomic E-state index is -4.00. The number of hydrogen-bond donors (Lipinski definition) is 1. The average molecular weight is 527 g/mol. The van der Waals surface area contributed by atoms with Crippen LogP contribution in [0.15, 0.2) is 83.9 Å². The molecule has 0 aliphatic rings. The third kappa shape index (κ3) is 4.73. The first-order chi connectivity index (χ1) is 17.2. The van der Waals surface area contributed by atoms with Gasteiger partial charge in [-0.1, -0.05) is 11.6 Å². The number of halogens is 3. The molecule has 0 atom stereocenters. The number of hydrogen-bond acceptors (Lipinski definition) is 5. The Bertz CT molecular complexity index is 1710. The van der Waals surface area contributed by atoms with E-state index in [-0.39, 0.29) is 27.1 Å². The first-order valence-corrected chi connectivity index (χ1v) is 12.4. The topological polar surface area (TPSA) is 85.6 Å². The molecule has 0 amide bonds. The lowest BCUT2D eigenvalue weighted by molar-refractivity contribution is 0.444. The van der Waals surface area contributed by atoms with Crippen molar-refractivity contribution in [3.05, 3.63) is 101 Å². The van der Waals surface area contributed by atoms with E-state index in [4.69, 9.17) is 16.3 Å². The number of nitrogens with zero attached hydrogens (tertiary/aromatic N) is 3. The summed E-state index contributed by atoms with van der Waals surface area (Å²) >= 11 is 5.85. The second-order valence-corrected chi connectivity index (χ2v) is 9.96. The zero-order valence-corrected chi connectivity index (χ0v) is 20.2. The Hall–Kier alpha value is -4.02. The summed E-state index contributed by atoms with van der Waals surface area (Å²) in [5.74, 6) is -0.342. The maximum absolute atomic E-state index is 14.5. The van der Waals surface area contributed by atoms with Crippen molar-refractivity contribution in [1.29, 1.82) is 0 Å². The number of anilines is 1. The molecule has 1 N–H and O–H groups in total. The van der Waals surface area contributed by atoms with Crippen molar-refractivity contribution in [1.82, 2.24) is 14.6 Å². The molecule has 0 fully saturated rings. The van der Waals surface area contributed by atoms with E-state index < -0.39 is 21.7 Å². The van der Waals surface area contributed by atoms with Gasteiger partial charge in [-0.2, -0.15) is 0 Å². The van der Waals surface area contributed by atoms with Gasteiger partial charge < -0.3 is 4.74 Å². The summed E-state index contributed by atoms with van der Waals surface area (Å²) in [4.78, 5) is -0.101. The molecule has 0 unspecified atom stereocenters. The van der Waals surface area contributed by atoms with E-state index in [1.165, 1.54) is 36.4 Å². The number of fused-ring (bicyclic) bond motifs is 1. The molecule has 0 aliphatic carbocycles. The minimum Gasteiger partial charge on any atom is -0.454 e. The van der Waals surface area contributed by atoms with E-state index in [0.29, 0.717) is 22.6 Å². The van der Waals surface area contributed by atoms with E-state index in [1.807, 2.05) is 0 Å². The number of aromatic nitrogens is 3. The minimum absolute atomic E-state index is 0.0538. The smallest absolute Gasteiger partial charge is 0.261 e. The van der Waals surface area contributed by atoms with Crippen LogP contribution in [0.3, 0.4) is 0 Å². The number of aryl methyl sites for hydroxylation is 1. The molecule has 182 valence electrons. The van der Waals surface area contributed by atoms with E-state index in [2.05, 4.69) is 14.9 Å². The molecule has 7 nitrogen and oxygen atoms in total. The van der Waals surface area contributed by atoms with Crippen molar-refractivity contribution < 1.29 is 21.9 Å². The molecule has 36 heavy (non-hydrogen) atoms. The standard InChI is InChI=1S/C25H17ClF2N4O3S/c1-15-29-30-25-11-2-16(14-32(15)25)21-13-19(31-36(33,34)20-7-4-18(27)5-8-20)6-10-23(21)35-24-9-3-17(26)12-22(24)28/h2-14,31H,1H3. The fourth-order valence-electron chi connectivity index (χ4n) is 3.58. The molecule has 0 saturated carbocycles. The number of pyridine rings is 1. The Labute approximate surface area is 210 Å². The Morgan fingerprint density at radius 2 is 1.67 bits per heavy atom. The van der Waals surface area contributed by atoms with E-state index in [1.54, 1.807) is 35.7 Å². The summed E-state index contributed by atoms with van der Waals surface area (Å²) in [6.07, 6.45) is 1.77. The summed E-state index contributed by atoms with van der Waals surface area (Å²) in [5.41, 5.74) is 1.95. The van der Waals surface area contributed by atoms with Gasteiger partial charge in [-0.3, -0.25) is 9.12 Å². The first kappa shape index (κ1) is 23.7. The van der Waals surface area contributed by atoms with Gasteiger partial charge in [0.05, 0.1) is 4.90 Å². The Morgan fingerprint density at radius 3 is 2.42 bits per heavy atom. The Kier molecular flexibility index (Phi) is 6.07. The van der Waals surface area contributed by atoms with Crippen molar-refractivity contribution in [2.75, 3.05) is 4.72 Å². The van der Waals surface area contributed by atoms with Crippen LogP contribution in [-0.4, -0.2) is 23.0 Å². The average Bonchev–Trinajstić information content (AvgIpc) is 3.22. The van der Waals surface area contributed by atoms with Crippen LogP contribution < -0.4 is 9.46 Å². The highest BCUT2D eigenvalue weighted by Crippen LogP contribution is 2.37. The third-order valence-corrected chi connectivity index (χ3v) is 6.99. The normalized spacial score (nSPS) is 11.6. The number of ether oxygens (including phenoxy) is 1. The van der Waals surface area contributed by atoms with Crippen LogP contribution in [0.1, 0.15) is 5.82 Å². The van der Waals surface area contributed by atoms with Crippen molar-refractivity contribution in [3.8, 4) is 22.6 Å². The van der Waals surface area contributed by atoms with E-state index >= 15 is 0 Å². The second-order valence-electron chi connectivity index (χ2n) is 7.84. The Balaban J connectivity index is 1.59. The maximum Gasteiger partial charge on any atom is 0.261 e. The molecule has 0 radical (unpaired) electrons.